The SMILES string of the molecule is CCCCCC(O)C=C[C@H]1C(O)CC[C@@H]1CC(C)C=CCCC(=O)OC. The number of carbonyl (C=O) groups is 1. The van der Waals surface area contributed by atoms with Crippen LogP contribution in [-0.4, -0.2) is 35.5 Å². The van der Waals surface area contributed by atoms with Gasteiger partial charge >= 0.3 is 5.97 Å². The number of allylic oxidation sites excluding steroid dienone is 2. The first-order valence-electron chi connectivity index (χ1n) is 10.3. The molecule has 0 radical (unpaired) electrons. The first kappa shape index (κ1) is 22.9. The lowest BCUT2D eigenvalue weighted by Crippen LogP contribution is -2.19. The van der Waals surface area contributed by atoms with E-state index in [1.807, 2.05) is 12.2 Å². The molecule has 5 atom stereocenters. The van der Waals surface area contributed by atoms with Crippen LogP contribution >= 0.6 is 0 Å². The maximum Gasteiger partial charge on any atom is 0.305 e. The van der Waals surface area contributed by atoms with Gasteiger partial charge in [-0.05, 0) is 43.9 Å². The second-order valence-electron chi connectivity index (χ2n) is 7.69. The highest BCUT2D eigenvalue weighted by Crippen LogP contribution is 2.37. The quantitative estimate of drug-likeness (QED) is 0.305. The fraction of sp³-hybridized carbons (Fsp3) is 0.773. The van der Waals surface area contributed by atoms with Crippen LogP contribution in [0.4, 0.5) is 0 Å². The molecule has 0 aromatic heterocycles. The van der Waals surface area contributed by atoms with Gasteiger partial charge in [0.1, 0.15) is 0 Å². The number of hydrogen-bond acceptors (Lipinski definition) is 4. The summed E-state index contributed by atoms with van der Waals surface area (Å²) in [6.07, 6.45) is 15.6. The molecule has 26 heavy (non-hydrogen) atoms. The third-order valence-corrected chi connectivity index (χ3v) is 5.36. The Balaban J connectivity index is 2.44. The molecule has 150 valence electrons. The molecule has 1 aliphatic carbocycles. The van der Waals surface area contributed by atoms with Crippen molar-refractivity contribution in [2.75, 3.05) is 7.11 Å². The number of rotatable bonds is 12. The number of methoxy groups -OCH3 is 1. The van der Waals surface area contributed by atoms with Gasteiger partial charge < -0.3 is 14.9 Å². The molecule has 0 aromatic carbocycles. The minimum Gasteiger partial charge on any atom is -0.469 e. The lowest BCUT2D eigenvalue weighted by atomic mass is 9.86. The lowest BCUT2D eigenvalue weighted by molar-refractivity contribution is -0.140. The highest BCUT2D eigenvalue weighted by atomic mass is 16.5. The molecule has 2 N–H and O–H groups in total. The smallest absolute Gasteiger partial charge is 0.305 e. The average molecular weight is 367 g/mol. The van der Waals surface area contributed by atoms with Gasteiger partial charge in [-0.15, -0.1) is 0 Å². The molecule has 1 rings (SSSR count). The van der Waals surface area contributed by atoms with Crippen LogP contribution in [0.3, 0.4) is 0 Å². The van der Waals surface area contributed by atoms with Crippen LogP contribution in [-0.2, 0) is 9.53 Å². The molecule has 0 spiro atoms. The van der Waals surface area contributed by atoms with E-state index in [9.17, 15) is 15.0 Å². The maximum absolute atomic E-state index is 11.1. The van der Waals surface area contributed by atoms with Crippen LogP contribution in [0.2, 0.25) is 0 Å². The summed E-state index contributed by atoms with van der Waals surface area (Å²) in [5.41, 5.74) is 0. The third-order valence-electron chi connectivity index (χ3n) is 5.36. The first-order valence-corrected chi connectivity index (χ1v) is 10.3. The van der Waals surface area contributed by atoms with Crippen molar-refractivity contribution < 1.29 is 19.7 Å². The Hall–Kier alpha value is -1.13. The fourth-order valence-electron chi connectivity index (χ4n) is 3.79. The van der Waals surface area contributed by atoms with E-state index in [2.05, 4.69) is 30.7 Å². The normalized spacial score (nSPS) is 25.8. The van der Waals surface area contributed by atoms with Gasteiger partial charge in [-0.25, -0.2) is 0 Å². The summed E-state index contributed by atoms with van der Waals surface area (Å²) in [7, 11) is 1.41. The second-order valence-corrected chi connectivity index (χ2v) is 7.69. The zero-order valence-electron chi connectivity index (χ0n) is 16.8. The molecule has 1 aliphatic rings. The lowest BCUT2D eigenvalue weighted by Gasteiger charge is -2.21. The summed E-state index contributed by atoms with van der Waals surface area (Å²) in [5, 5.41) is 20.4. The number of hydrogen-bond donors (Lipinski definition) is 2. The van der Waals surface area contributed by atoms with Crippen molar-refractivity contribution in [1.29, 1.82) is 0 Å². The van der Waals surface area contributed by atoms with E-state index in [0.717, 1.165) is 44.9 Å². The number of esters is 1. The van der Waals surface area contributed by atoms with Crippen LogP contribution in [0.5, 0.6) is 0 Å². The van der Waals surface area contributed by atoms with Gasteiger partial charge in [-0.1, -0.05) is 57.4 Å². The largest absolute Gasteiger partial charge is 0.469 e. The van der Waals surface area contributed by atoms with E-state index in [1.54, 1.807) is 0 Å². The van der Waals surface area contributed by atoms with Crippen LogP contribution < -0.4 is 0 Å². The van der Waals surface area contributed by atoms with Crippen molar-refractivity contribution in [3.8, 4) is 0 Å². The number of unbranched alkanes of at least 4 members (excludes halogenated alkanes) is 2. The van der Waals surface area contributed by atoms with Crippen molar-refractivity contribution in [2.45, 2.75) is 83.8 Å². The Morgan fingerprint density at radius 2 is 2.04 bits per heavy atom. The topological polar surface area (TPSA) is 66.8 Å². The Morgan fingerprint density at radius 1 is 1.27 bits per heavy atom. The van der Waals surface area contributed by atoms with Crippen molar-refractivity contribution in [2.24, 2.45) is 17.8 Å². The van der Waals surface area contributed by atoms with Crippen LogP contribution in [0.1, 0.15) is 71.6 Å². The number of ether oxygens (including phenoxy) is 1. The molecule has 0 bridgehead atoms. The Kier molecular flexibility index (Phi) is 11.5. The summed E-state index contributed by atoms with van der Waals surface area (Å²) < 4.78 is 4.64. The molecule has 0 amide bonds. The molecule has 1 saturated carbocycles. The number of carbonyl (C=O) groups excluding carboxylic acids is 1. The van der Waals surface area contributed by atoms with Gasteiger partial charge in [0.2, 0.25) is 0 Å². The van der Waals surface area contributed by atoms with Crippen molar-refractivity contribution in [3.63, 3.8) is 0 Å². The molecular weight excluding hydrogens is 328 g/mol. The Labute approximate surface area is 159 Å². The van der Waals surface area contributed by atoms with Gasteiger partial charge in [0, 0.05) is 12.3 Å². The van der Waals surface area contributed by atoms with Gasteiger partial charge in [0.25, 0.3) is 0 Å². The molecular formula is C22H38O4. The first-order chi connectivity index (χ1) is 12.5. The monoisotopic (exact) mass is 366 g/mol. The van der Waals surface area contributed by atoms with Gasteiger partial charge in [0.05, 0.1) is 19.3 Å². The van der Waals surface area contributed by atoms with E-state index >= 15 is 0 Å². The van der Waals surface area contributed by atoms with E-state index in [1.165, 1.54) is 7.11 Å². The van der Waals surface area contributed by atoms with Gasteiger partial charge in [-0.2, -0.15) is 0 Å². The molecule has 4 heteroatoms. The molecule has 0 saturated heterocycles. The van der Waals surface area contributed by atoms with Crippen LogP contribution in [0, 0.1) is 17.8 Å². The molecule has 4 nitrogen and oxygen atoms in total. The summed E-state index contributed by atoms with van der Waals surface area (Å²) in [6, 6.07) is 0. The molecule has 3 unspecified atom stereocenters. The molecule has 0 heterocycles. The van der Waals surface area contributed by atoms with Gasteiger partial charge in [0.15, 0.2) is 0 Å². The number of aliphatic hydroxyl groups is 2. The van der Waals surface area contributed by atoms with Crippen molar-refractivity contribution in [1.82, 2.24) is 0 Å². The van der Waals surface area contributed by atoms with E-state index in [0.29, 0.717) is 24.7 Å². The zero-order valence-corrected chi connectivity index (χ0v) is 16.8. The van der Waals surface area contributed by atoms with Gasteiger partial charge in [-0.3, -0.25) is 4.79 Å². The third kappa shape index (κ3) is 9.00. The highest BCUT2D eigenvalue weighted by molar-refractivity contribution is 5.69. The fourth-order valence-corrected chi connectivity index (χ4v) is 3.79. The minimum atomic E-state index is -0.398. The summed E-state index contributed by atoms with van der Waals surface area (Å²) >= 11 is 0. The van der Waals surface area contributed by atoms with E-state index < -0.39 is 6.10 Å². The van der Waals surface area contributed by atoms with E-state index in [-0.39, 0.29) is 18.0 Å². The molecule has 1 fully saturated rings. The van der Waals surface area contributed by atoms with Crippen LogP contribution in [0.25, 0.3) is 0 Å². The van der Waals surface area contributed by atoms with Crippen molar-refractivity contribution >= 4 is 5.97 Å². The summed E-state index contributed by atoms with van der Waals surface area (Å²) in [4.78, 5) is 11.1. The van der Waals surface area contributed by atoms with E-state index in [4.69, 9.17) is 0 Å². The minimum absolute atomic E-state index is 0.141. The molecule has 0 aliphatic heterocycles. The summed E-state index contributed by atoms with van der Waals surface area (Å²) in [5.74, 6) is 0.823. The zero-order chi connectivity index (χ0) is 19.4. The highest BCUT2D eigenvalue weighted by Gasteiger charge is 2.33. The Bertz CT molecular complexity index is 443. The summed E-state index contributed by atoms with van der Waals surface area (Å²) in [6.45, 7) is 4.34. The maximum atomic E-state index is 11.1. The predicted octanol–water partition coefficient (Wildman–Crippen LogP) is 4.41. The molecule has 0 aromatic rings. The van der Waals surface area contributed by atoms with Crippen molar-refractivity contribution in [3.05, 3.63) is 24.3 Å². The number of aliphatic hydroxyl groups excluding tert-OH is 2. The standard InChI is InChI=1S/C22H38O4/c1-4-5-6-10-19(23)13-14-20-18(12-15-21(20)24)16-17(2)9-7-8-11-22(25)26-3/h7,9,13-14,17-21,23-24H,4-6,8,10-12,15-16H2,1-3H3/t17?,18-,19?,20-,21?/m1/s1. The Morgan fingerprint density at radius 3 is 2.73 bits per heavy atom. The second kappa shape index (κ2) is 13.1. The predicted molar refractivity (Wildman–Crippen MR) is 106 cm³/mol. The average Bonchev–Trinajstić information content (AvgIpc) is 2.96. The van der Waals surface area contributed by atoms with Crippen LogP contribution in [0.15, 0.2) is 24.3 Å².